The Labute approximate surface area is 155 Å². The second-order valence-corrected chi connectivity index (χ2v) is 5.69. The van der Waals surface area contributed by atoms with E-state index in [1.54, 1.807) is 13.3 Å². The molecule has 0 saturated carbocycles. The van der Waals surface area contributed by atoms with Gasteiger partial charge in [0.2, 0.25) is 5.88 Å². The minimum Gasteiger partial charge on any atom is -0.497 e. The number of benzene rings is 1. The number of aromatic nitrogens is 6. The van der Waals surface area contributed by atoms with Crippen molar-refractivity contribution in [3.05, 3.63) is 48.9 Å². The Morgan fingerprint density at radius 1 is 1.00 bits per heavy atom. The van der Waals surface area contributed by atoms with E-state index in [1.165, 1.54) is 6.33 Å². The van der Waals surface area contributed by atoms with E-state index in [1.807, 2.05) is 43.3 Å². The van der Waals surface area contributed by atoms with E-state index in [-0.39, 0.29) is 0 Å². The van der Waals surface area contributed by atoms with Crippen LogP contribution in [0.5, 0.6) is 11.6 Å². The lowest BCUT2D eigenvalue weighted by Gasteiger charge is -2.04. The summed E-state index contributed by atoms with van der Waals surface area (Å²) >= 11 is 0. The van der Waals surface area contributed by atoms with E-state index >= 15 is 0 Å². The highest BCUT2D eigenvalue weighted by Crippen LogP contribution is 2.30. The van der Waals surface area contributed by atoms with Crippen LogP contribution in [0.3, 0.4) is 0 Å². The molecule has 0 unspecified atom stereocenters. The number of ether oxygens (including phenoxy) is 2. The first kappa shape index (κ1) is 16.8. The predicted molar refractivity (Wildman–Crippen MR) is 100 cm³/mol. The van der Waals surface area contributed by atoms with E-state index in [2.05, 4.69) is 30.1 Å². The van der Waals surface area contributed by atoms with Gasteiger partial charge in [0.15, 0.2) is 5.82 Å². The first-order chi connectivity index (χ1) is 13.3. The summed E-state index contributed by atoms with van der Waals surface area (Å²) in [6.45, 7) is 2.41. The molecule has 8 heteroatoms. The lowest BCUT2D eigenvalue weighted by molar-refractivity contribution is 0.330. The molecule has 8 nitrogen and oxygen atoms in total. The third kappa shape index (κ3) is 3.37. The summed E-state index contributed by atoms with van der Waals surface area (Å²) in [6, 6.07) is 11.6. The number of rotatable bonds is 6. The number of methoxy groups -OCH3 is 1. The molecule has 3 heterocycles. The molecule has 0 spiro atoms. The van der Waals surface area contributed by atoms with Gasteiger partial charge < -0.3 is 14.5 Å². The third-order valence-electron chi connectivity index (χ3n) is 4.02. The number of aromatic amines is 2. The first-order valence-electron chi connectivity index (χ1n) is 8.48. The van der Waals surface area contributed by atoms with Gasteiger partial charge in [0.25, 0.3) is 0 Å². The minimum absolute atomic E-state index is 0.479. The average molecular weight is 362 g/mol. The lowest BCUT2D eigenvalue weighted by atomic mass is 10.1. The molecule has 2 N–H and O–H groups in total. The van der Waals surface area contributed by atoms with Crippen LogP contribution in [0.15, 0.2) is 48.9 Å². The van der Waals surface area contributed by atoms with Crippen LogP contribution in [-0.4, -0.2) is 43.8 Å². The Balaban J connectivity index is 1.72. The summed E-state index contributed by atoms with van der Waals surface area (Å²) in [6.07, 6.45) is 3.20. The van der Waals surface area contributed by atoms with Crippen molar-refractivity contribution in [1.29, 1.82) is 0 Å². The molecule has 4 rings (SSSR count). The fourth-order valence-corrected chi connectivity index (χ4v) is 2.72. The number of nitrogens with one attached hydrogen (secondary N) is 2. The van der Waals surface area contributed by atoms with Crippen molar-refractivity contribution in [3.8, 4) is 45.8 Å². The molecule has 0 aliphatic heterocycles. The topological polar surface area (TPSA) is 102 Å². The Morgan fingerprint density at radius 2 is 1.85 bits per heavy atom. The summed E-state index contributed by atoms with van der Waals surface area (Å²) in [5.41, 5.74) is 3.38. The number of hydrogen-bond acceptors (Lipinski definition) is 6. The van der Waals surface area contributed by atoms with Gasteiger partial charge in [-0.05, 0) is 43.3 Å². The fraction of sp³-hybridized carbons (Fsp3) is 0.158. The van der Waals surface area contributed by atoms with Crippen LogP contribution in [-0.2, 0) is 0 Å². The van der Waals surface area contributed by atoms with Crippen LogP contribution in [0.2, 0.25) is 0 Å². The van der Waals surface area contributed by atoms with Crippen LogP contribution >= 0.6 is 0 Å². The maximum atomic E-state index is 5.64. The largest absolute Gasteiger partial charge is 0.497 e. The second kappa shape index (κ2) is 7.28. The Bertz CT molecular complexity index is 1020. The van der Waals surface area contributed by atoms with Gasteiger partial charge in [-0.2, -0.15) is 10.1 Å². The fourth-order valence-electron chi connectivity index (χ4n) is 2.72. The van der Waals surface area contributed by atoms with Crippen LogP contribution in [0.4, 0.5) is 0 Å². The summed E-state index contributed by atoms with van der Waals surface area (Å²) in [4.78, 5) is 16.5. The molecule has 4 aromatic rings. The zero-order valence-electron chi connectivity index (χ0n) is 14.9. The van der Waals surface area contributed by atoms with Gasteiger partial charge in [0.1, 0.15) is 23.6 Å². The maximum absolute atomic E-state index is 5.64. The molecule has 0 bridgehead atoms. The van der Waals surface area contributed by atoms with Crippen LogP contribution < -0.4 is 9.47 Å². The molecule has 1 aromatic carbocycles. The molecule has 3 aromatic heterocycles. The van der Waals surface area contributed by atoms with Gasteiger partial charge in [0, 0.05) is 17.3 Å². The summed E-state index contributed by atoms with van der Waals surface area (Å²) in [5, 5.41) is 6.72. The van der Waals surface area contributed by atoms with E-state index in [9.17, 15) is 0 Å². The molecule has 0 aliphatic rings. The molecule has 0 saturated heterocycles. The molecule has 27 heavy (non-hydrogen) atoms. The highest BCUT2D eigenvalue weighted by molar-refractivity contribution is 5.70. The maximum Gasteiger partial charge on any atom is 0.243 e. The number of pyridine rings is 1. The standard InChI is InChI=1S/C19H18N6O2/c1-3-27-19-16(18-21-11-22-25-18)23-17(24-19)13-8-9-20-15(10-13)12-4-6-14(26-2)7-5-12/h4-11H,3H2,1-2H3,(H,23,24)(H,21,22,25). The Morgan fingerprint density at radius 3 is 2.56 bits per heavy atom. The van der Waals surface area contributed by atoms with Crippen LogP contribution in [0.1, 0.15) is 6.92 Å². The Kier molecular flexibility index (Phi) is 4.52. The zero-order chi connectivity index (χ0) is 18.6. The summed E-state index contributed by atoms with van der Waals surface area (Å²) in [5.74, 6) is 2.52. The third-order valence-corrected chi connectivity index (χ3v) is 4.02. The molecule has 0 aliphatic carbocycles. The summed E-state index contributed by atoms with van der Waals surface area (Å²) in [7, 11) is 1.65. The van der Waals surface area contributed by atoms with E-state index in [0.717, 1.165) is 22.6 Å². The molecule has 0 fully saturated rings. The van der Waals surface area contributed by atoms with E-state index < -0.39 is 0 Å². The van der Waals surface area contributed by atoms with Gasteiger partial charge in [-0.1, -0.05) is 0 Å². The number of hydrogen-bond donors (Lipinski definition) is 2. The van der Waals surface area contributed by atoms with Crippen molar-refractivity contribution in [3.63, 3.8) is 0 Å². The van der Waals surface area contributed by atoms with Crippen molar-refractivity contribution in [1.82, 2.24) is 30.1 Å². The Hall–Kier alpha value is -3.68. The van der Waals surface area contributed by atoms with Crippen molar-refractivity contribution in [2.24, 2.45) is 0 Å². The van der Waals surface area contributed by atoms with Crippen molar-refractivity contribution < 1.29 is 9.47 Å². The van der Waals surface area contributed by atoms with Gasteiger partial charge >= 0.3 is 0 Å². The minimum atomic E-state index is 0.479. The summed E-state index contributed by atoms with van der Waals surface area (Å²) < 4.78 is 10.9. The van der Waals surface area contributed by atoms with Gasteiger partial charge in [0.05, 0.1) is 19.4 Å². The molecule has 0 amide bonds. The van der Waals surface area contributed by atoms with Crippen molar-refractivity contribution >= 4 is 0 Å². The number of imidazole rings is 1. The van der Waals surface area contributed by atoms with Crippen LogP contribution in [0.25, 0.3) is 34.2 Å². The normalized spacial score (nSPS) is 10.7. The van der Waals surface area contributed by atoms with Gasteiger partial charge in [-0.25, -0.2) is 4.98 Å². The monoisotopic (exact) mass is 362 g/mol. The quantitative estimate of drug-likeness (QED) is 0.545. The van der Waals surface area contributed by atoms with E-state index in [4.69, 9.17) is 9.47 Å². The number of H-pyrrole nitrogens is 2. The highest BCUT2D eigenvalue weighted by atomic mass is 16.5. The lowest BCUT2D eigenvalue weighted by Crippen LogP contribution is -1.94. The van der Waals surface area contributed by atoms with Gasteiger partial charge in [-0.15, -0.1) is 0 Å². The van der Waals surface area contributed by atoms with Crippen LogP contribution in [0, 0.1) is 0 Å². The molecule has 0 atom stereocenters. The first-order valence-corrected chi connectivity index (χ1v) is 8.48. The molecular formula is C19H18N6O2. The average Bonchev–Trinajstić information content (AvgIpc) is 3.38. The van der Waals surface area contributed by atoms with E-state index in [0.29, 0.717) is 29.8 Å². The molecular weight excluding hydrogens is 344 g/mol. The van der Waals surface area contributed by atoms with Crippen molar-refractivity contribution in [2.75, 3.05) is 13.7 Å². The molecule has 0 radical (unpaired) electrons. The zero-order valence-corrected chi connectivity index (χ0v) is 14.9. The molecule has 136 valence electrons. The number of nitrogens with zero attached hydrogens (tertiary/aromatic N) is 4. The predicted octanol–water partition coefficient (Wildman–Crippen LogP) is 3.33. The smallest absolute Gasteiger partial charge is 0.243 e. The SMILES string of the molecule is CCOc1nc(-c2ccnc(-c3ccc(OC)cc3)c2)[nH]c1-c1ncn[nH]1. The second-order valence-electron chi connectivity index (χ2n) is 5.69. The highest BCUT2D eigenvalue weighted by Gasteiger charge is 2.17. The van der Waals surface area contributed by atoms with Gasteiger partial charge in [-0.3, -0.25) is 10.1 Å². The van der Waals surface area contributed by atoms with Crippen molar-refractivity contribution in [2.45, 2.75) is 6.92 Å².